The molecule has 0 aromatic carbocycles. The molecule has 0 saturated heterocycles. The van der Waals surface area contributed by atoms with E-state index in [1.54, 1.807) is 0 Å². The van der Waals surface area contributed by atoms with Gasteiger partial charge in [0, 0.05) is 11.9 Å². The number of carbonyl (C=O) groups excluding carboxylic acids is 2. The van der Waals surface area contributed by atoms with Crippen molar-refractivity contribution in [1.29, 1.82) is 0 Å². The molecule has 0 rings (SSSR count). The average Bonchev–Trinajstić information content (AvgIpc) is 2.12. The van der Waals surface area contributed by atoms with Crippen LogP contribution in [0.3, 0.4) is 0 Å². The molecule has 0 saturated carbocycles. The molecule has 0 aromatic rings. The average molecular weight is 431 g/mol. The van der Waals surface area contributed by atoms with Crippen LogP contribution in [-0.4, -0.2) is 11.9 Å². The Labute approximate surface area is 124 Å². The van der Waals surface area contributed by atoms with Gasteiger partial charge in [-0.15, -0.1) is 0 Å². The Bertz CT molecular complexity index is 181. The fourth-order valence-corrected chi connectivity index (χ4v) is 0.813. The summed E-state index contributed by atoms with van der Waals surface area (Å²) >= 11 is 0. The van der Waals surface area contributed by atoms with Crippen molar-refractivity contribution in [3.63, 3.8) is 0 Å². The molecule has 0 aliphatic heterocycles. The monoisotopic (exact) mass is 432 g/mol. The van der Waals surface area contributed by atoms with Crippen LogP contribution in [0.5, 0.6) is 0 Å². The maximum atomic E-state index is 9.79. The number of carboxylic acids is 2. The summed E-state index contributed by atoms with van der Waals surface area (Å²) in [6.07, 6.45) is 1.83. The zero-order chi connectivity index (χ0) is 13.1. The number of carbonyl (C=O) groups is 2. The van der Waals surface area contributed by atoms with E-state index >= 15 is 0 Å². The number of carboxylic acid groups (broad SMARTS) is 2. The summed E-state index contributed by atoms with van der Waals surface area (Å²) in [7, 11) is 0. The molecule has 0 amide bonds. The van der Waals surface area contributed by atoms with Crippen LogP contribution in [0.1, 0.15) is 53.4 Å². The maximum absolute atomic E-state index is 9.79. The van der Waals surface area contributed by atoms with E-state index in [1.165, 1.54) is 0 Å². The molecule has 0 spiro atoms. The SMILES string of the molecule is CC(C)CCC(=O)[O-].CC(C)CCC(=O)[O-].[Hg+2]. The van der Waals surface area contributed by atoms with Gasteiger partial charge in [0.25, 0.3) is 0 Å². The largest absolute Gasteiger partial charge is 2.00 e. The number of hydrogen-bond donors (Lipinski definition) is 0. The van der Waals surface area contributed by atoms with Gasteiger partial charge in [0.2, 0.25) is 0 Å². The molecule has 0 heterocycles. The molecular weight excluding hydrogens is 409 g/mol. The van der Waals surface area contributed by atoms with Crippen LogP contribution >= 0.6 is 0 Å². The second-order valence-corrected chi connectivity index (χ2v) is 4.61. The van der Waals surface area contributed by atoms with Crippen LogP contribution < -0.4 is 10.2 Å². The molecule has 96 valence electrons. The predicted molar refractivity (Wildman–Crippen MR) is 58.2 cm³/mol. The first-order valence-electron chi connectivity index (χ1n) is 5.65. The second kappa shape index (κ2) is 13.9. The fraction of sp³-hybridized carbons (Fsp3) is 0.833. The fourth-order valence-electron chi connectivity index (χ4n) is 0.813. The van der Waals surface area contributed by atoms with Crippen molar-refractivity contribution in [3.8, 4) is 0 Å². The normalized spacial score (nSPS) is 9.29. The number of rotatable bonds is 6. The first-order chi connectivity index (χ1) is 7.25. The molecule has 5 heteroatoms. The minimum Gasteiger partial charge on any atom is -0.550 e. The second-order valence-electron chi connectivity index (χ2n) is 4.61. The van der Waals surface area contributed by atoms with Crippen LogP contribution in [-0.2, 0) is 37.3 Å². The van der Waals surface area contributed by atoms with Crippen molar-refractivity contribution < 1.29 is 47.5 Å². The molecule has 17 heavy (non-hydrogen) atoms. The third-order valence-corrected chi connectivity index (χ3v) is 1.85. The summed E-state index contributed by atoms with van der Waals surface area (Å²) in [5.41, 5.74) is 0. The third kappa shape index (κ3) is 31.3. The molecule has 4 nitrogen and oxygen atoms in total. The Morgan fingerprint density at radius 3 is 1.12 bits per heavy atom. The molecule has 0 aliphatic rings. The van der Waals surface area contributed by atoms with E-state index in [2.05, 4.69) is 0 Å². The van der Waals surface area contributed by atoms with Crippen LogP contribution in [0.4, 0.5) is 0 Å². The molecule has 0 aromatic heterocycles. The maximum Gasteiger partial charge on any atom is 2.00 e. The minimum atomic E-state index is -0.946. The van der Waals surface area contributed by atoms with Gasteiger partial charge in [0.1, 0.15) is 0 Å². The Morgan fingerprint density at radius 1 is 0.824 bits per heavy atom. The Hall–Kier alpha value is -0.125. The van der Waals surface area contributed by atoms with Crippen molar-refractivity contribution >= 4 is 11.9 Å². The van der Waals surface area contributed by atoms with Crippen molar-refractivity contribution in [1.82, 2.24) is 0 Å². The molecule has 0 atom stereocenters. The summed E-state index contributed by atoms with van der Waals surface area (Å²) in [5.74, 6) is -0.960. The molecule has 0 unspecified atom stereocenters. The van der Waals surface area contributed by atoms with Crippen molar-refractivity contribution in [2.45, 2.75) is 53.4 Å². The Morgan fingerprint density at radius 2 is 1.06 bits per heavy atom. The van der Waals surface area contributed by atoms with Crippen molar-refractivity contribution in [3.05, 3.63) is 0 Å². The van der Waals surface area contributed by atoms with E-state index in [0.717, 1.165) is 12.8 Å². The third-order valence-electron chi connectivity index (χ3n) is 1.85. The zero-order valence-corrected chi connectivity index (χ0v) is 16.8. The first-order valence-corrected chi connectivity index (χ1v) is 5.65. The molecule has 0 N–H and O–H groups in total. The molecule has 0 radical (unpaired) electrons. The van der Waals surface area contributed by atoms with Gasteiger partial charge < -0.3 is 19.8 Å². The van der Waals surface area contributed by atoms with Gasteiger partial charge in [-0.1, -0.05) is 27.7 Å². The zero-order valence-electron chi connectivity index (χ0n) is 11.3. The quantitative estimate of drug-likeness (QED) is 0.569. The standard InChI is InChI=1S/2C6H12O2.Hg/c2*1-5(2)3-4-6(7)8;/h2*5H,3-4H2,1-2H3,(H,7,8);/q;;+2/p-2. The van der Waals surface area contributed by atoms with E-state index in [-0.39, 0.29) is 40.5 Å². The van der Waals surface area contributed by atoms with Gasteiger partial charge in [-0.05, 0) is 37.5 Å². The molecule has 0 bridgehead atoms. The van der Waals surface area contributed by atoms with Crippen LogP contribution in [0, 0.1) is 11.8 Å². The predicted octanol–water partition coefficient (Wildman–Crippen LogP) is 0.343. The smallest absolute Gasteiger partial charge is 0.550 e. The molecular formula is C12H22HgO4. The van der Waals surface area contributed by atoms with E-state index in [1.807, 2.05) is 27.7 Å². The van der Waals surface area contributed by atoms with Gasteiger partial charge in [-0.25, -0.2) is 0 Å². The minimum absolute atomic E-state index is 0. The van der Waals surface area contributed by atoms with Gasteiger partial charge in [0.05, 0.1) is 0 Å². The Balaban J connectivity index is -0.000000218. The summed E-state index contributed by atoms with van der Waals surface area (Å²) < 4.78 is 0. The van der Waals surface area contributed by atoms with Gasteiger partial charge in [-0.2, -0.15) is 0 Å². The topological polar surface area (TPSA) is 80.3 Å². The summed E-state index contributed by atoms with van der Waals surface area (Å²) in [6.45, 7) is 7.96. The van der Waals surface area contributed by atoms with Gasteiger partial charge in [0.15, 0.2) is 0 Å². The van der Waals surface area contributed by atoms with Gasteiger partial charge in [-0.3, -0.25) is 0 Å². The van der Waals surface area contributed by atoms with Crippen LogP contribution in [0.25, 0.3) is 0 Å². The van der Waals surface area contributed by atoms with E-state index in [4.69, 9.17) is 0 Å². The van der Waals surface area contributed by atoms with Gasteiger partial charge >= 0.3 is 27.7 Å². The number of hydrogen-bond acceptors (Lipinski definition) is 4. The van der Waals surface area contributed by atoms with Crippen molar-refractivity contribution in [2.75, 3.05) is 0 Å². The number of aliphatic carboxylic acids is 2. The molecule has 0 fully saturated rings. The van der Waals surface area contributed by atoms with Crippen LogP contribution in [0.2, 0.25) is 0 Å². The molecule has 0 aliphatic carbocycles. The van der Waals surface area contributed by atoms with E-state index in [9.17, 15) is 19.8 Å². The summed E-state index contributed by atoms with van der Waals surface area (Å²) in [6, 6.07) is 0. The first kappa shape index (κ1) is 22.1. The summed E-state index contributed by atoms with van der Waals surface area (Å²) in [5, 5.41) is 19.6. The van der Waals surface area contributed by atoms with Crippen molar-refractivity contribution in [2.24, 2.45) is 11.8 Å². The van der Waals surface area contributed by atoms with E-state index < -0.39 is 11.9 Å². The Kier molecular flexibility index (Phi) is 18.1. The van der Waals surface area contributed by atoms with Crippen LogP contribution in [0.15, 0.2) is 0 Å². The van der Waals surface area contributed by atoms with E-state index in [0.29, 0.717) is 11.8 Å². The summed E-state index contributed by atoms with van der Waals surface area (Å²) in [4.78, 5) is 19.6.